The Hall–Kier alpha value is -0.210. The van der Waals surface area contributed by atoms with Crippen molar-refractivity contribution in [2.45, 2.75) is 0 Å². The van der Waals surface area contributed by atoms with Crippen molar-refractivity contribution in [3.05, 3.63) is 26.2 Å². The fraction of sp³-hybridized carbons (Fsp3) is 0. The number of benzene rings is 1. The summed E-state index contributed by atoms with van der Waals surface area (Å²) in [5, 5.41) is 9.10. The molecule has 1 aromatic heterocycles. The fourth-order valence-corrected chi connectivity index (χ4v) is 3.27. The molecule has 0 radical (unpaired) electrons. The van der Waals surface area contributed by atoms with Crippen LogP contribution in [0.3, 0.4) is 0 Å². The number of halogens is 2. The van der Waals surface area contributed by atoms with Crippen LogP contribution >= 0.6 is 49.9 Å². The molecule has 1 heterocycles. The largest absolute Gasteiger partial charge is 0.374 e. The highest BCUT2D eigenvalue weighted by Crippen LogP contribution is 2.32. The van der Waals surface area contributed by atoms with E-state index in [1.165, 1.54) is 14.9 Å². The van der Waals surface area contributed by atoms with Gasteiger partial charge in [0.05, 0.1) is 0 Å². The molecule has 0 aliphatic rings. The van der Waals surface area contributed by atoms with E-state index in [0.29, 0.717) is 5.13 Å². The van der Waals surface area contributed by atoms with Crippen molar-refractivity contribution < 1.29 is 0 Å². The van der Waals surface area contributed by atoms with E-state index < -0.39 is 0 Å². The van der Waals surface area contributed by atoms with Gasteiger partial charge < -0.3 is 5.73 Å². The van der Waals surface area contributed by atoms with Crippen LogP contribution in [0.15, 0.2) is 22.7 Å². The lowest BCUT2D eigenvalue weighted by Gasteiger charge is -1.99. The zero-order valence-electron chi connectivity index (χ0n) is 6.87. The van der Waals surface area contributed by atoms with Gasteiger partial charge in [0.25, 0.3) is 0 Å². The summed E-state index contributed by atoms with van der Waals surface area (Å²) in [6.07, 6.45) is 0. The molecule has 2 aromatic rings. The number of nitrogen functional groups attached to an aromatic ring is 1. The number of nitrogens with zero attached hydrogens (tertiary/aromatic N) is 2. The van der Waals surface area contributed by atoms with Crippen LogP contribution in [0.2, 0.25) is 0 Å². The van der Waals surface area contributed by atoms with Crippen molar-refractivity contribution in [3.8, 4) is 10.6 Å². The molecular formula is C8H5BrIN3S. The minimum Gasteiger partial charge on any atom is -0.374 e. The molecule has 0 atom stereocenters. The molecular weight excluding hydrogens is 377 g/mol. The summed E-state index contributed by atoms with van der Waals surface area (Å²) in [5.74, 6) is 0. The molecule has 6 heteroatoms. The first-order chi connectivity index (χ1) is 6.66. The molecule has 2 N–H and O–H groups in total. The normalized spacial score (nSPS) is 10.4. The summed E-state index contributed by atoms with van der Waals surface area (Å²) in [6, 6.07) is 6.07. The Morgan fingerprint density at radius 2 is 2.14 bits per heavy atom. The summed E-state index contributed by atoms with van der Waals surface area (Å²) in [7, 11) is 0. The van der Waals surface area contributed by atoms with Crippen molar-refractivity contribution in [1.29, 1.82) is 0 Å². The van der Waals surface area contributed by atoms with Gasteiger partial charge in [-0.3, -0.25) is 0 Å². The van der Waals surface area contributed by atoms with E-state index in [4.69, 9.17) is 5.73 Å². The monoisotopic (exact) mass is 381 g/mol. The third kappa shape index (κ3) is 2.06. The lowest BCUT2D eigenvalue weighted by atomic mass is 10.2. The fourth-order valence-electron chi connectivity index (χ4n) is 1.01. The molecule has 14 heavy (non-hydrogen) atoms. The molecule has 0 saturated carbocycles. The molecule has 0 spiro atoms. The molecule has 3 nitrogen and oxygen atoms in total. The average molecular weight is 382 g/mol. The first-order valence-corrected chi connectivity index (χ1v) is 6.40. The second-order valence-electron chi connectivity index (χ2n) is 2.57. The predicted octanol–water partition coefficient (Wildman–Crippen LogP) is 3.15. The second-order valence-corrected chi connectivity index (χ2v) is 5.68. The van der Waals surface area contributed by atoms with Crippen LogP contribution in [0.25, 0.3) is 10.6 Å². The van der Waals surface area contributed by atoms with E-state index in [-0.39, 0.29) is 0 Å². The van der Waals surface area contributed by atoms with Gasteiger partial charge in [-0.05, 0) is 40.8 Å². The topological polar surface area (TPSA) is 51.8 Å². The molecule has 0 unspecified atom stereocenters. The summed E-state index contributed by atoms with van der Waals surface area (Å²) < 4.78 is 2.19. The lowest BCUT2D eigenvalue weighted by molar-refractivity contribution is 1.10. The van der Waals surface area contributed by atoms with Crippen LogP contribution in [0.4, 0.5) is 5.13 Å². The average Bonchev–Trinajstić information content (AvgIpc) is 2.51. The van der Waals surface area contributed by atoms with E-state index >= 15 is 0 Å². The molecule has 0 fully saturated rings. The highest BCUT2D eigenvalue weighted by atomic mass is 127. The van der Waals surface area contributed by atoms with Crippen molar-refractivity contribution in [3.63, 3.8) is 0 Å². The quantitative estimate of drug-likeness (QED) is 0.772. The number of rotatable bonds is 1. The Morgan fingerprint density at radius 1 is 1.36 bits per heavy atom. The Morgan fingerprint density at radius 3 is 2.71 bits per heavy atom. The van der Waals surface area contributed by atoms with Gasteiger partial charge in [0.1, 0.15) is 0 Å². The number of hydrogen-bond acceptors (Lipinski definition) is 4. The SMILES string of the molecule is Nc1nnc(-c2ccc(I)cc2Br)s1. The van der Waals surface area contributed by atoms with Crippen LogP contribution in [-0.4, -0.2) is 10.2 Å². The molecule has 2 rings (SSSR count). The zero-order chi connectivity index (χ0) is 10.1. The Bertz CT molecular complexity index is 471. The summed E-state index contributed by atoms with van der Waals surface area (Å²) in [6.45, 7) is 0. The third-order valence-corrected chi connectivity index (χ3v) is 3.71. The smallest absolute Gasteiger partial charge is 0.203 e. The maximum atomic E-state index is 5.52. The standard InChI is InChI=1S/C8H5BrIN3S/c9-6-3-4(10)1-2-5(6)7-12-13-8(11)14-7/h1-3H,(H2,11,13). The Balaban J connectivity index is 2.52. The third-order valence-electron chi connectivity index (χ3n) is 1.60. The van der Waals surface area contributed by atoms with Gasteiger partial charge in [0.2, 0.25) is 5.13 Å². The van der Waals surface area contributed by atoms with Gasteiger partial charge in [-0.15, -0.1) is 10.2 Å². The van der Waals surface area contributed by atoms with Gasteiger partial charge >= 0.3 is 0 Å². The molecule has 0 bridgehead atoms. The van der Waals surface area contributed by atoms with Gasteiger partial charge in [0, 0.05) is 13.6 Å². The van der Waals surface area contributed by atoms with Crippen molar-refractivity contribution in [2.75, 3.05) is 5.73 Å². The second kappa shape index (κ2) is 4.11. The van der Waals surface area contributed by atoms with Gasteiger partial charge in [-0.25, -0.2) is 0 Å². The molecule has 1 aromatic carbocycles. The molecule has 0 amide bonds. The van der Waals surface area contributed by atoms with Crippen molar-refractivity contribution in [2.24, 2.45) is 0 Å². The minimum absolute atomic E-state index is 0.491. The minimum atomic E-state index is 0.491. The van der Waals surface area contributed by atoms with Gasteiger partial charge in [-0.1, -0.05) is 27.3 Å². The first kappa shape index (κ1) is 10.3. The number of anilines is 1. The van der Waals surface area contributed by atoms with Crippen LogP contribution in [0.5, 0.6) is 0 Å². The van der Waals surface area contributed by atoms with E-state index in [0.717, 1.165) is 15.0 Å². The molecule has 72 valence electrons. The van der Waals surface area contributed by atoms with Crippen LogP contribution in [0, 0.1) is 3.57 Å². The lowest BCUT2D eigenvalue weighted by Crippen LogP contribution is -1.81. The Kier molecular flexibility index (Phi) is 3.03. The van der Waals surface area contributed by atoms with Crippen molar-refractivity contribution in [1.82, 2.24) is 10.2 Å². The van der Waals surface area contributed by atoms with E-state index in [1.54, 1.807) is 0 Å². The van der Waals surface area contributed by atoms with Gasteiger partial charge in [0.15, 0.2) is 5.01 Å². The van der Waals surface area contributed by atoms with Crippen LogP contribution in [0.1, 0.15) is 0 Å². The molecule has 0 saturated heterocycles. The maximum absolute atomic E-state index is 5.52. The highest BCUT2D eigenvalue weighted by molar-refractivity contribution is 14.1. The number of hydrogen-bond donors (Lipinski definition) is 1. The molecule has 0 aliphatic carbocycles. The van der Waals surface area contributed by atoms with Crippen molar-refractivity contribution >= 4 is 55.0 Å². The molecule has 0 aliphatic heterocycles. The predicted molar refractivity (Wildman–Crippen MR) is 70.2 cm³/mol. The van der Waals surface area contributed by atoms with Crippen LogP contribution in [-0.2, 0) is 0 Å². The number of nitrogens with two attached hydrogens (primary N) is 1. The zero-order valence-corrected chi connectivity index (χ0v) is 11.4. The number of aromatic nitrogens is 2. The summed E-state index contributed by atoms with van der Waals surface area (Å²) >= 11 is 7.13. The van der Waals surface area contributed by atoms with E-state index in [1.807, 2.05) is 18.2 Å². The van der Waals surface area contributed by atoms with E-state index in [2.05, 4.69) is 48.7 Å². The van der Waals surface area contributed by atoms with Crippen LogP contribution < -0.4 is 5.73 Å². The first-order valence-electron chi connectivity index (χ1n) is 3.71. The Labute approximate surface area is 107 Å². The summed E-state index contributed by atoms with van der Waals surface area (Å²) in [4.78, 5) is 0. The van der Waals surface area contributed by atoms with E-state index in [9.17, 15) is 0 Å². The maximum Gasteiger partial charge on any atom is 0.203 e. The van der Waals surface area contributed by atoms with Gasteiger partial charge in [-0.2, -0.15) is 0 Å². The highest BCUT2D eigenvalue weighted by Gasteiger charge is 2.08. The summed E-state index contributed by atoms with van der Waals surface area (Å²) in [5.41, 5.74) is 6.55.